The SMILES string of the molecule is CN(c1ncc(C(F)(F)F)c(OC2CCCCC2)n1)c1ccccc1[N+](=O)[O-]. The molecule has 0 spiro atoms. The van der Waals surface area contributed by atoms with E-state index in [-0.39, 0.29) is 23.4 Å². The third kappa shape index (κ3) is 4.32. The fourth-order valence-corrected chi connectivity index (χ4v) is 3.15. The molecule has 3 rings (SSSR count). The summed E-state index contributed by atoms with van der Waals surface area (Å²) < 4.78 is 45.7. The quantitative estimate of drug-likeness (QED) is 0.529. The van der Waals surface area contributed by atoms with E-state index in [4.69, 9.17) is 4.74 Å². The van der Waals surface area contributed by atoms with Crippen LogP contribution in [0.4, 0.5) is 30.5 Å². The summed E-state index contributed by atoms with van der Waals surface area (Å²) >= 11 is 0. The number of ether oxygens (including phenoxy) is 1. The Kier molecular flexibility index (Phi) is 5.66. The van der Waals surface area contributed by atoms with Crippen LogP contribution in [0.25, 0.3) is 0 Å². The molecule has 150 valence electrons. The standard InChI is InChI=1S/C18H19F3N4O3/c1-24(14-9-5-6-10-15(14)25(26)27)17-22-11-13(18(19,20)21)16(23-17)28-12-7-3-2-4-8-12/h5-6,9-12H,2-4,7-8H2,1H3. The van der Waals surface area contributed by atoms with Crippen molar-refractivity contribution >= 4 is 17.3 Å². The summed E-state index contributed by atoms with van der Waals surface area (Å²) in [5.41, 5.74) is -1.10. The molecular weight excluding hydrogens is 377 g/mol. The molecule has 0 radical (unpaired) electrons. The number of nitrogens with zero attached hydrogens (tertiary/aromatic N) is 4. The number of para-hydroxylation sites is 2. The van der Waals surface area contributed by atoms with E-state index in [2.05, 4.69) is 9.97 Å². The molecule has 0 bridgehead atoms. The number of anilines is 2. The van der Waals surface area contributed by atoms with Gasteiger partial charge in [0, 0.05) is 19.3 Å². The number of halogens is 3. The molecule has 1 saturated carbocycles. The zero-order valence-electron chi connectivity index (χ0n) is 15.1. The summed E-state index contributed by atoms with van der Waals surface area (Å²) in [6.07, 6.45) is -0.213. The van der Waals surface area contributed by atoms with Gasteiger partial charge in [-0.3, -0.25) is 10.1 Å². The van der Waals surface area contributed by atoms with Gasteiger partial charge in [0.05, 0.1) is 4.92 Å². The first-order valence-electron chi connectivity index (χ1n) is 8.85. The predicted octanol–water partition coefficient (Wildman–Crippen LogP) is 4.88. The van der Waals surface area contributed by atoms with Gasteiger partial charge in [-0.2, -0.15) is 18.2 Å². The molecule has 1 fully saturated rings. The minimum atomic E-state index is -4.67. The monoisotopic (exact) mass is 396 g/mol. The molecule has 1 aromatic heterocycles. The molecule has 1 aliphatic rings. The first-order chi connectivity index (χ1) is 13.3. The van der Waals surface area contributed by atoms with Gasteiger partial charge in [0.2, 0.25) is 11.8 Å². The van der Waals surface area contributed by atoms with Crippen LogP contribution < -0.4 is 9.64 Å². The average molecular weight is 396 g/mol. The Hall–Kier alpha value is -2.91. The topological polar surface area (TPSA) is 81.4 Å². The smallest absolute Gasteiger partial charge is 0.423 e. The highest BCUT2D eigenvalue weighted by Gasteiger charge is 2.37. The first kappa shape index (κ1) is 19.8. The lowest BCUT2D eigenvalue weighted by molar-refractivity contribution is -0.384. The molecule has 10 heteroatoms. The molecule has 1 aromatic carbocycles. The van der Waals surface area contributed by atoms with Gasteiger partial charge in [-0.1, -0.05) is 18.6 Å². The highest BCUT2D eigenvalue weighted by molar-refractivity contribution is 5.68. The highest BCUT2D eigenvalue weighted by Crippen LogP contribution is 2.38. The second kappa shape index (κ2) is 7.99. The van der Waals surface area contributed by atoms with Gasteiger partial charge in [-0.05, 0) is 31.7 Å². The van der Waals surface area contributed by atoms with Crippen molar-refractivity contribution < 1.29 is 22.8 Å². The molecule has 2 aromatic rings. The number of nitro benzene ring substituents is 1. The third-order valence-electron chi connectivity index (χ3n) is 4.62. The number of alkyl halides is 3. The largest absolute Gasteiger partial charge is 0.474 e. The molecule has 1 heterocycles. The summed E-state index contributed by atoms with van der Waals surface area (Å²) in [6.45, 7) is 0. The molecule has 28 heavy (non-hydrogen) atoms. The average Bonchev–Trinajstić information content (AvgIpc) is 2.67. The van der Waals surface area contributed by atoms with Crippen molar-refractivity contribution in [1.29, 1.82) is 0 Å². The van der Waals surface area contributed by atoms with Crippen molar-refractivity contribution in [3.05, 3.63) is 46.1 Å². The molecule has 0 N–H and O–H groups in total. The fourth-order valence-electron chi connectivity index (χ4n) is 3.15. The number of benzene rings is 1. The normalized spacial score (nSPS) is 15.3. The first-order valence-corrected chi connectivity index (χ1v) is 8.85. The van der Waals surface area contributed by atoms with Gasteiger partial charge in [0.1, 0.15) is 17.4 Å². The molecule has 0 saturated heterocycles. The maximum Gasteiger partial charge on any atom is 0.423 e. The minimum absolute atomic E-state index is 0.117. The minimum Gasteiger partial charge on any atom is -0.474 e. The Labute approximate surface area is 159 Å². The zero-order valence-corrected chi connectivity index (χ0v) is 15.1. The van der Waals surface area contributed by atoms with Crippen LogP contribution in [0.3, 0.4) is 0 Å². The second-order valence-electron chi connectivity index (χ2n) is 6.57. The molecule has 0 aliphatic heterocycles. The zero-order chi connectivity index (χ0) is 20.3. The summed E-state index contributed by atoms with van der Waals surface area (Å²) in [6, 6.07) is 5.86. The lowest BCUT2D eigenvalue weighted by Gasteiger charge is -2.25. The van der Waals surface area contributed by atoms with E-state index in [1.54, 1.807) is 6.07 Å². The van der Waals surface area contributed by atoms with E-state index in [1.807, 2.05) is 0 Å². The van der Waals surface area contributed by atoms with Crippen molar-refractivity contribution in [2.75, 3.05) is 11.9 Å². The van der Waals surface area contributed by atoms with E-state index in [1.165, 1.54) is 30.1 Å². The number of nitro groups is 1. The van der Waals surface area contributed by atoms with Gasteiger partial charge >= 0.3 is 6.18 Å². The third-order valence-corrected chi connectivity index (χ3v) is 4.62. The molecule has 0 atom stereocenters. The summed E-state index contributed by atoms with van der Waals surface area (Å²) in [7, 11) is 1.45. The lowest BCUT2D eigenvalue weighted by Crippen LogP contribution is -2.24. The van der Waals surface area contributed by atoms with Crippen LogP contribution in [0.2, 0.25) is 0 Å². The van der Waals surface area contributed by atoms with Crippen LogP contribution >= 0.6 is 0 Å². The van der Waals surface area contributed by atoms with Crippen molar-refractivity contribution in [3.8, 4) is 5.88 Å². The van der Waals surface area contributed by atoms with Crippen LogP contribution in [0.5, 0.6) is 5.88 Å². The maximum atomic E-state index is 13.4. The van der Waals surface area contributed by atoms with E-state index in [0.29, 0.717) is 19.0 Å². The van der Waals surface area contributed by atoms with Crippen molar-refractivity contribution in [1.82, 2.24) is 9.97 Å². The molecular formula is C18H19F3N4O3. The number of hydrogen-bond acceptors (Lipinski definition) is 6. The summed E-state index contributed by atoms with van der Waals surface area (Å²) in [5, 5.41) is 11.2. The predicted molar refractivity (Wildman–Crippen MR) is 95.7 cm³/mol. The second-order valence-corrected chi connectivity index (χ2v) is 6.57. The van der Waals surface area contributed by atoms with Crippen LogP contribution in [-0.2, 0) is 6.18 Å². The van der Waals surface area contributed by atoms with E-state index in [0.717, 1.165) is 19.3 Å². The summed E-state index contributed by atoms with van der Waals surface area (Å²) in [5.74, 6) is -0.664. The van der Waals surface area contributed by atoms with E-state index >= 15 is 0 Å². The van der Waals surface area contributed by atoms with E-state index < -0.39 is 22.5 Å². The van der Waals surface area contributed by atoms with Crippen molar-refractivity contribution in [3.63, 3.8) is 0 Å². The van der Waals surface area contributed by atoms with Crippen LogP contribution in [0.1, 0.15) is 37.7 Å². The molecule has 0 amide bonds. The van der Waals surface area contributed by atoms with Crippen LogP contribution in [0, 0.1) is 10.1 Å². The Morgan fingerprint density at radius 2 is 1.89 bits per heavy atom. The van der Waals surface area contributed by atoms with E-state index in [9.17, 15) is 23.3 Å². The summed E-state index contributed by atoms with van der Waals surface area (Å²) in [4.78, 5) is 19.7. The Morgan fingerprint density at radius 3 is 2.54 bits per heavy atom. The van der Waals surface area contributed by atoms with Gasteiger partial charge < -0.3 is 9.64 Å². The van der Waals surface area contributed by atoms with Crippen LogP contribution in [0.15, 0.2) is 30.5 Å². The fraction of sp³-hybridized carbons (Fsp3) is 0.444. The Morgan fingerprint density at radius 1 is 1.21 bits per heavy atom. The van der Waals surface area contributed by atoms with Gasteiger partial charge in [-0.25, -0.2) is 4.98 Å². The number of aromatic nitrogens is 2. The molecule has 1 aliphatic carbocycles. The van der Waals surface area contributed by atoms with Gasteiger partial charge in [0.25, 0.3) is 5.69 Å². The lowest BCUT2D eigenvalue weighted by atomic mass is 9.98. The number of rotatable bonds is 5. The Balaban J connectivity index is 1.98. The van der Waals surface area contributed by atoms with Crippen molar-refractivity contribution in [2.24, 2.45) is 0 Å². The van der Waals surface area contributed by atoms with Crippen LogP contribution in [-0.4, -0.2) is 28.0 Å². The molecule has 7 nitrogen and oxygen atoms in total. The molecule has 0 unspecified atom stereocenters. The number of hydrogen-bond donors (Lipinski definition) is 0. The van der Waals surface area contributed by atoms with Gasteiger partial charge in [0.15, 0.2) is 0 Å². The van der Waals surface area contributed by atoms with Gasteiger partial charge in [-0.15, -0.1) is 0 Å². The highest BCUT2D eigenvalue weighted by atomic mass is 19.4. The Bertz CT molecular complexity index is 854. The maximum absolute atomic E-state index is 13.4. The van der Waals surface area contributed by atoms with Crippen molar-refractivity contribution in [2.45, 2.75) is 44.4 Å².